The summed E-state index contributed by atoms with van der Waals surface area (Å²) in [6.07, 6.45) is 3.38. The van der Waals surface area contributed by atoms with E-state index in [-0.39, 0.29) is 10.8 Å². The van der Waals surface area contributed by atoms with Crippen LogP contribution in [0.3, 0.4) is 0 Å². The molecule has 0 spiro atoms. The average molecular weight is 410 g/mol. The first kappa shape index (κ1) is 18.7. The van der Waals surface area contributed by atoms with E-state index in [0.29, 0.717) is 0 Å². The summed E-state index contributed by atoms with van der Waals surface area (Å²) in [5.41, 5.74) is 10.4. The maximum absolute atomic E-state index is 6.17. The molecule has 0 unspecified atom stereocenters. The van der Waals surface area contributed by atoms with Crippen LogP contribution in [0.2, 0.25) is 0 Å². The molecular weight excluding hydrogens is 380 g/mol. The van der Waals surface area contributed by atoms with E-state index in [1.807, 2.05) is 12.1 Å². The highest BCUT2D eigenvalue weighted by atomic mass is 16.3. The molecule has 0 radical (unpaired) electrons. The minimum absolute atomic E-state index is 0.175. The van der Waals surface area contributed by atoms with E-state index >= 15 is 0 Å². The molecule has 0 N–H and O–H groups in total. The number of fused-ring (bicyclic) bond motifs is 5. The molecule has 5 aromatic rings. The Morgan fingerprint density at radius 3 is 2.45 bits per heavy atom. The van der Waals surface area contributed by atoms with Gasteiger partial charge in [0.2, 0.25) is 6.33 Å². The standard InChI is InChI=1S/C28H29N2O/c1-17-25-21(27(2,3)15-28(25,4)5)14-22-26(17)29(6)16-30(22)18-11-12-20-19-9-7-8-10-23(19)31-24(20)13-18/h7-14,16H,15H2,1-6H3/q+1. The number of furan rings is 1. The highest BCUT2D eigenvalue weighted by Gasteiger charge is 2.44. The lowest BCUT2D eigenvalue weighted by atomic mass is 9.81. The van der Waals surface area contributed by atoms with Crippen molar-refractivity contribution in [2.45, 2.75) is 51.9 Å². The molecule has 3 aromatic carbocycles. The van der Waals surface area contributed by atoms with E-state index < -0.39 is 0 Å². The van der Waals surface area contributed by atoms with Gasteiger partial charge in [-0.2, -0.15) is 4.57 Å². The molecule has 0 fully saturated rings. The van der Waals surface area contributed by atoms with E-state index in [1.54, 1.807) is 0 Å². The first-order valence-corrected chi connectivity index (χ1v) is 11.1. The van der Waals surface area contributed by atoms with Gasteiger partial charge >= 0.3 is 0 Å². The summed E-state index contributed by atoms with van der Waals surface area (Å²) < 4.78 is 10.8. The van der Waals surface area contributed by atoms with Crippen molar-refractivity contribution in [1.82, 2.24) is 4.57 Å². The summed E-state index contributed by atoms with van der Waals surface area (Å²) in [4.78, 5) is 0. The molecule has 2 aromatic heterocycles. The number of aryl methyl sites for hydroxylation is 2. The Balaban J connectivity index is 1.64. The normalized spacial score (nSPS) is 17.1. The predicted molar refractivity (Wildman–Crippen MR) is 127 cm³/mol. The highest BCUT2D eigenvalue weighted by Crippen LogP contribution is 2.51. The third-order valence-corrected chi connectivity index (χ3v) is 7.35. The summed E-state index contributed by atoms with van der Waals surface area (Å²) in [7, 11) is 2.16. The second kappa shape index (κ2) is 5.79. The maximum atomic E-state index is 6.17. The van der Waals surface area contributed by atoms with Crippen LogP contribution in [-0.2, 0) is 17.9 Å². The Labute approximate surface area is 182 Å². The second-order valence-corrected chi connectivity index (χ2v) is 10.6. The van der Waals surface area contributed by atoms with Crippen LogP contribution < -0.4 is 4.57 Å². The molecule has 0 bridgehead atoms. The zero-order chi connectivity index (χ0) is 21.7. The van der Waals surface area contributed by atoms with Gasteiger partial charge in [0.1, 0.15) is 16.9 Å². The molecule has 6 rings (SSSR count). The molecule has 2 heterocycles. The number of nitrogens with zero attached hydrogens (tertiary/aromatic N) is 2. The van der Waals surface area contributed by atoms with Crippen molar-refractivity contribution in [3.05, 3.63) is 71.5 Å². The largest absolute Gasteiger partial charge is 0.456 e. The van der Waals surface area contributed by atoms with Crippen LogP contribution in [-0.4, -0.2) is 4.57 Å². The van der Waals surface area contributed by atoms with E-state index in [0.717, 1.165) is 16.9 Å². The fourth-order valence-electron chi connectivity index (χ4n) is 6.48. The lowest BCUT2D eigenvalue weighted by Gasteiger charge is -2.23. The zero-order valence-corrected chi connectivity index (χ0v) is 19.2. The molecule has 0 saturated heterocycles. The fraction of sp³-hybridized carbons (Fsp3) is 0.321. The van der Waals surface area contributed by atoms with Crippen LogP contribution in [0.15, 0.2) is 59.3 Å². The Kier molecular flexibility index (Phi) is 3.49. The Bertz CT molecular complexity index is 1530. The number of para-hydroxylation sites is 1. The summed E-state index contributed by atoms with van der Waals surface area (Å²) in [6.45, 7) is 11.9. The van der Waals surface area contributed by atoms with Gasteiger partial charge in [0.25, 0.3) is 0 Å². The van der Waals surface area contributed by atoms with Gasteiger partial charge in [0.15, 0.2) is 11.0 Å². The van der Waals surface area contributed by atoms with Crippen molar-refractivity contribution >= 4 is 33.0 Å². The van der Waals surface area contributed by atoms with Gasteiger partial charge in [-0.3, -0.25) is 0 Å². The molecule has 0 amide bonds. The number of hydrogen-bond acceptors (Lipinski definition) is 1. The molecule has 1 aliphatic rings. The van der Waals surface area contributed by atoms with Crippen molar-refractivity contribution in [3.8, 4) is 5.69 Å². The van der Waals surface area contributed by atoms with Crippen molar-refractivity contribution in [2.24, 2.45) is 7.05 Å². The van der Waals surface area contributed by atoms with Crippen LogP contribution in [0.1, 0.15) is 50.8 Å². The molecule has 0 atom stereocenters. The number of hydrogen-bond donors (Lipinski definition) is 0. The lowest BCUT2D eigenvalue weighted by molar-refractivity contribution is -0.645. The quantitative estimate of drug-likeness (QED) is 0.285. The topological polar surface area (TPSA) is 21.9 Å². The zero-order valence-electron chi connectivity index (χ0n) is 19.2. The highest BCUT2D eigenvalue weighted by molar-refractivity contribution is 6.05. The van der Waals surface area contributed by atoms with E-state index in [4.69, 9.17) is 4.42 Å². The summed E-state index contributed by atoms with van der Waals surface area (Å²) in [5, 5.41) is 2.34. The molecule has 31 heavy (non-hydrogen) atoms. The minimum atomic E-state index is 0.175. The molecule has 1 aliphatic carbocycles. The minimum Gasteiger partial charge on any atom is -0.456 e. The van der Waals surface area contributed by atoms with E-state index in [9.17, 15) is 0 Å². The van der Waals surface area contributed by atoms with Gasteiger partial charge in [-0.1, -0.05) is 45.9 Å². The third-order valence-electron chi connectivity index (χ3n) is 7.35. The Morgan fingerprint density at radius 2 is 1.65 bits per heavy atom. The van der Waals surface area contributed by atoms with Gasteiger partial charge in [-0.25, -0.2) is 4.57 Å². The van der Waals surface area contributed by atoms with E-state index in [2.05, 4.69) is 93.5 Å². The SMILES string of the molecule is Cc1c2c(cc3c1[n+](C)cn3-c1ccc3c(c1)oc1ccccc13)C(C)(C)CC2(C)C. The fourth-order valence-corrected chi connectivity index (χ4v) is 6.48. The maximum Gasteiger partial charge on any atom is 0.249 e. The molecule has 3 heteroatoms. The first-order valence-electron chi connectivity index (χ1n) is 11.1. The van der Waals surface area contributed by atoms with Crippen LogP contribution in [0, 0.1) is 6.92 Å². The van der Waals surface area contributed by atoms with Crippen molar-refractivity contribution < 1.29 is 8.98 Å². The number of aromatic nitrogens is 2. The molecular formula is C28H29N2O+. The summed E-state index contributed by atoms with van der Waals surface area (Å²) in [6, 6.07) is 17.3. The number of rotatable bonds is 1. The third kappa shape index (κ3) is 2.43. The molecule has 0 saturated carbocycles. The first-order chi connectivity index (χ1) is 14.7. The van der Waals surface area contributed by atoms with Gasteiger partial charge in [0, 0.05) is 22.4 Å². The van der Waals surface area contributed by atoms with Crippen molar-refractivity contribution in [1.29, 1.82) is 0 Å². The number of benzene rings is 3. The Morgan fingerprint density at radius 1 is 0.903 bits per heavy atom. The van der Waals surface area contributed by atoms with Crippen LogP contribution in [0.25, 0.3) is 38.7 Å². The molecule has 3 nitrogen and oxygen atoms in total. The van der Waals surface area contributed by atoms with Crippen molar-refractivity contribution in [2.75, 3.05) is 0 Å². The van der Waals surface area contributed by atoms with Gasteiger partial charge in [0.05, 0.1) is 7.05 Å². The van der Waals surface area contributed by atoms with Gasteiger partial charge < -0.3 is 4.42 Å². The van der Waals surface area contributed by atoms with Crippen molar-refractivity contribution in [3.63, 3.8) is 0 Å². The number of imidazole rings is 1. The van der Waals surface area contributed by atoms with Crippen LogP contribution in [0.4, 0.5) is 0 Å². The smallest absolute Gasteiger partial charge is 0.249 e. The van der Waals surface area contributed by atoms with E-state index in [1.165, 1.54) is 44.9 Å². The summed E-state index contributed by atoms with van der Waals surface area (Å²) in [5.74, 6) is 0. The average Bonchev–Trinajstić information content (AvgIpc) is 3.29. The van der Waals surface area contributed by atoms with Crippen LogP contribution >= 0.6 is 0 Å². The second-order valence-electron chi connectivity index (χ2n) is 10.6. The monoisotopic (exact) mass is 409 g/mol. The van der Waals surface area contributed by atoms with Gasteiger partial charge in [-0.15, -0.1) is 0 Å². The molecule has 0 aliphatic heterocycles. The lowest BCUT2D eigenvalue weighted by Crippen LogP contribution is -2.27. The van der Waals surface area contributed by atoms with Gasteiger partial charge in [-0.05, 0) is 59.6 Å². The summed E-state index contributed by atoms with van der Waals surface area (Å²) >= 11 is 0. The van der Waals surface area contributed by atoms with Crippen LogP contribution in [0.5, 0.6) is 0 Å². The Hall–Kier alpha value is -3.07. The molecule has 156 valence electrons. The predicted octanol–water partition coefficient (Wildman–Crippen LogP) is 6.62.